The van der Waals surface area contributed by atoms with Crippen molar-refractivity contribution in [3.8, 4) is 0 Å². The Morgan fingerprint density at radius 3 is 2.14 bits per heavy atom. The first kappa shape index (κ1) is 18.8. The second-order valence-corrected chi connectivity index (χ2v) is 6.52. The van der Waals surface area contributed by atoms with Gasteiger partial charge in [-0.05, 0) is 37.8 Å². The van der Waals surface area contributed by atoms with Crippen LogP contribution in [0.5, 0.6) is 0 Å². The van der Waals surface area contributed by atoms with E-state index in [9.17, 15) is 13.2 Å². The zero-order valence-electron chi connectivity index (χ0n) is 13.6. The maximum atomic E-state index is 12.8. The average molecular weight is 308 g/mol. The van der Waals surface area contributed by atoms with Crippen molar-refractivity contribution in [1.82, 2.24) is 10.2 Å². The van der Waals surface area contributed by atoms with Crippen LogP contribution >= 0.6 is 0 Å². The lowest BCUT2D eigenvalue weighted by molar-refractivity contribution is -0.149. The molecule has 126 valence electrons. The van der Waals surface area contributed by atoms with E-state index < -0.39 is 12.7 Å². The molecule has 1 aliphatic carbocycles. The lowest BCUT2D eigenvalue weighted by Gasteiger charge is -2.38. The van der Waals surface area contributed by atoms with E-state index in [1.807, 2.05) is 6.92 Å². The molecule has 0 saturated heterocycles. The third kappa shape index (κ3) is 7.50. The average Bonchev–Trinajstić information content (AvgIpc) is 2.61. The molecule has 1 rings (SSSR count). The van der Waals surface area contributed by atoms with E-state index in [2.05, 4.69) is 12.2 Å². The van der Waals surface area contributed by atoms with Gasteiger partial charge in [0.1, 0.15) is 0 Å². The van der Waals surface area contributed by atoms with Gasteiger partial charge in [-0.1, -0.05) is 39.5 Å². The van der Waals surface area contributed by atoms with Gasteiger partial charge < -0.3 is 5.32 Å². The molecule has 0 aromatic heterocycles. The number of nitrogens with one attached hydrogen (secondary N) is 1. The van der Waals surface area contributed by atoms with Crippen LogP contribution in [0.15, 0.2) is 0 Å². The highest BCUT2D eigenvalue weighted by molar-refractivity contribution is 4.87. The van der Waals surface area contributed by atoms with Crippen LogP contribution in [0, 0.1) is 5.41 Å². The molecule has 0 spiro atoms. The van der Waals surface area contributed by atoms with E-state index in [0.29, 0.717) is 13.1 Å². The summed E-state index contributed by atoms with van der Waals surface area (Å²) in [6.45, 7) is 6.09. The minimum absolute atomic E-state index is 0.0208. The number of alkyl halides is 3. The number of halogens is 3. The zero-order valence-corrected chi connectivity index (χ0v) is 13.6. The van der Waals surface area contributed by atoms with Crippen molar-refractivity contribution in [2.24, 2.45) is 5.41 Å². The molecule has 0 atom stereocenters. The third-order valence-corrected chi connectivity index (χ3v) is 4.42. The van der Waals surface area contributed by atoms with Gasteiger partial charge in [0.25, 0.3) is 0 Å². The predicted octanol–water partition coefficient (Wildman–Crippen LogP) is 4.21. The third-order valence-electron chi connectivity index (χ3n) is 4.42. The molecule has 5 heteroatoms. The molecule has 1 fully saturated rings. The van der Waals surface area contributed by atoms with Crippen molar-refractivity contribution in [2.45, 2.75) is 65.0 Å². The molecule has 2 nitrogen and oxygen atoms in total. The Bertz CT molecular complexity index is 271. The van der Waals surface area contributed by atoms with Crippen molar-refractivity contribution in [1.29, 1.82) is 0 Å². The minimum Gasteiger partial charge on any atom is -0.316 e. The Morgan fingerprint density at radius 2 is 1.67 bits per heavy atom. The number of hydrogen-bond donors (Lipinski definition) is 1. The maximum absolute atomic E-state index is 12.8. The monoisotopic (exact) mass is 308 g/mol. The molecule has 0 heterocycles. The fraction of sp³-hybridized carbons (Fsp3) is 1.00. The maximum Gasteiger partial charge on any atom is 0.401 e. The van der Waals surface area contributed by atoms with Crippen LogP contribution in [-0.2, 0) is 0 Å². The summed E-state index contributed by atoms with van der Waals surface area (Å²) < 4.78 is 38.3. The molecule has 0 bridgehead atoms. The first-order valence-corrected chi connectivity index (χ1v) is 8.40. The van der Waals surface area contributed by atoms with Gasteiger partial charge in [0.2, 0.25) is 0 Å². The van der Waals surface area contributed by atoms with Crippen molar-refractivity contribution < 1.29 is 13.2 Å². The Kier molecular flexibility index (Phi) is 8.03. The van der Waals surface area contributed by atoms with Crippen LogP contribution < -0.4 is 5.32 Å². The molecular formula is C16H31F3N2. The molecule has 0 radical (unpaired) electrons. The lowest BCUT2D eigenvalue weighted by atomic mass is 9.79. The van der Waals surface area contributed by atoms with Crippen LogP contribution in [0.25, 0.3) is 0 Å². The van der Waals surface area contributed by atoms with Gasteiger partial charge in [-0.25, -0.2) is 0 Å². The van der Waals surface area contributed by atoms with E-state index in [0.717, 1.165) is 45.2 Å². The smallest absolute Gasteiger partial charge is 0.316 e. The molecule has 0 amide bonds. The SMILES string of the molecule is CCCN(CC(F)(F)F)CC1(CNCC)CCCCCC1. The minimum atomic E-state index is -4.10. The van der Waals surface area contributed by atoms with Gasteiger partial charge in [-0.3, -0.25) is 4.90 Å². The van der Waals surface area contributed by atoms with Crippen molar-refractivity contribution in [3.05, 3.63) is 0 Å². The van der Waals surface area contributed by atoms with E-state index in [4.69, 9.17) is 0 Å². The fourth-order valence-corrected chi connectivity index (χ4v) is 3.52. The molecule has 0 aromatic carbocycles. The van der Waals surface area contributed by atoms with Crippen molar-refractivity contribution in [2.75, 3.05) is 32.7 Å². The van der Waals surface area contributed by atoms with E-state index in [1.165, 1.54) is 12.8 Å². The molecule has 0 aromatic rings. The van der Waals surface area contributed by atoms with Gasteiger partial charge >= 0.3 is 6.18 Å². The van der Waals surface area contributed by atoms with Gasteiger partial charge in [0.05, 0.1) is 6.54 Å². The quantitative estimate of drug-likeness (QED) is 0.676. The predicted molar refractivity (Wildman–Crippen MR) is 81.5 cm³/mol. The molecule has 1 aliphatic rings. The largest absolute Gasteiger partial charge is 0.401 e. The van der Waals surface area contributed by atoms with E-state index >= 15 is 0 Å². The summed E-state index contributed by atoms with van der Waals surface area (Å²) in [6, 6.07) is 0. The summed E-state index contributed by atoms with van der Waals surface area (Å²) >= 11 is 0. The Labute approximate surface area is 127 Å². The summed E-state index contributed by atoms with van der Waals surface area (Å²) in [4.78, 5) is 1.63. The van der Waals surface area contributed by atoms with Crippen LogP contribution in [0.2, 0.25) is 0 Å². The summed E-state index contributed by atoms with van der Waals surface area (Å²) in [5.74, 6) is 0. The summed E-state index contributed by atoms with van der Waals surface area (Å²) in [5, 5.41) is 3.39. The Balaban J connectivity index is 2.74. The molecular weight excluding hydrogens is 277 g/mol. The molecule has 1 N–H and O–H groups in total. The lowest BCUT2D eigenvalue weighted by Crippen LogP contribution is -2.47. The second-order valence-electron chi connectivity index (χ2n) is 6.52. The highest BCUT2D eigenvalue weighted by atomic mass is 19.4. The molecule has 0 unspecified atom stereocenters. The van der Waals surface area contributed by atoms with Gasteiger partial charge in [0.15, 0.2) is 0 Å². The number of nitrogens with zero attached hydrogens (tertiary/aromatic N) is 1. The zero-order chi connectivity index (χ0) is 15.8. The first-order valence-electron chi connectivity index (χ1n) is 8.40. The molecule has 21 heavy (non-hydrogen) atoms. The Morgan fingerprint density at radius 1 is 1.05 bits per heavy atom. The van der Waals surface area contributed by atoms with Gasteiger partial charge in [-0.2, -0.15) is 13.2 Å². The number of rotatable bonds is 8. The van der Waals surface area contributed by atoms with E-state index in [1.54, 1.807) is 4.90 Å². The van der Waals surface area contributed by atoms with Crippen molar-refractivity contribution >= 4 is 0 Å². The molecule has 1 saturated carbocycles. The van der Waals surface area contributed by atoms with Gasteiger partial charge in [-0.15, -0.1) is 0 Å². The highest BCUT2D eigenvalue weighted by Crippen LogP contribution is 2.36. The van der Waals surface area contributed by atoms with Crippen LogP contribution in [-0.4, -0.2) is 43.8 Å². The van der Waals surface area contributed by atoms with Crippen molar-refractivity contribution in [3.63, 3.8) is 0 Å². The highest BCUT2D eigenvalue weighted by Gasteiger charge is 2.36. The van der Waals surface area contributed by atoms with Crippen LogP contribution in [0.4, 0.5) is 13.2 Å². The summed E-state index contributed by atoms with van der Waals surface area (Å²) in [5.41, 5.74) is 0.0208. The topological polar surface area (TPSA) is 15.3 Å². The van der Waals surface area contributed by atoms with E-state index in [-0.39, 0.29) is 5.41 Å². The summed E-state index contributed by atoms with van der Waals surface area (Å²) in [7, 11) is 0. The Hall–Kier alpha value is -0.290. The fourth-order valence-electron chi connectivity index (χ4n) is 3.52. The molecule has 0 aliphatic heterocycles. The summed E-state index contributed by atoms with van der Waals surface area (Å²) in [6.07, 6.45) is 3.53. The van der Waals surface area contributed by atoms with Gasteiger partial charge in [0, 0.05) is 13.1 Å². The van der Waals surface area contributed by atoms with Crippen LogP contribution in [0.1, 0.15) is 58.8 Å². The number of hydrogen-bond acceptors (Lipinski definition) is 2. The first-order chi connectivity index (χ1) is 9.91. The normalized spacial score (nSPS) is 19.7. The standard InChI is InChI=1S/C16H31F3N2/c1-3-11-21(14-16(17,18)19)13-15(12-20-4-2)9-7-5-6-8-10-15/h20H,3-14H2,1-2H3. The van der Waals surface area contributed by atoms with Crippen LogP contribution in [0.3, 0.4) is 0 Å². The second kappa shape index (κ2) is 8.99.